The molecule has 1 saturated carbocycles. The van der Waals surface area contributed by atoms with E-state index in [0.717, 1.165) is 36.9 Å². The Morgan fingerprint density at radius 3 is 2.57 bits per heavy atom. The summed E-state index contributed by atoms with van der Waals surface area (Å²) < 4.78 is 25.6. The van der Waals surface area contributed by atoms with E-state index >= 15 is 0 Å². The average Bonchev–Trinajstić information content (AvgIpc) is 2.47. The standard InChI is InChI=1S/C17H26N2O3S/c1-14-7-6-8-15(13-14)18-17(20)11-12-19(23(2,21)22)16-9-4-3-5-10-16/h6-8,13,16H,3-5,9-12H2,1-2H3,(H,18,20). The molecule has 0 radical (unpaired) electrons. The van der Waals surface area contributed by atoms with Crippen LogP contribution in [-0.2, 0) is 14.8 Å². The van der Waals surface area contributed by atoms with E-state index in [1.807, 2.05) is 31.2 Å². The van der Waals surface area contributed by atoms with E-state index in [4.69, 9.17) is 0 Å². The molecule has 1 fully saturated rings. The Hall–Kier alpha value is -1.40. The Morgan fingerprint density at radius 2 is 1.96 bits per heavy atom. The number of anilines is 1. The molecule has 0 unspecified atom stereocenters. The lowest BCUT2D eigenvalue weighted by molar-refractivity contribution is -0.116. The SMILES string of the molecule is Cc1cccc(NC(=O)CCN(C2CCCCC2)S(C)(=O)=O)c1. The third kappa shape index (κ3) is 5.62. The van der Waals surface area contributed by atoms with Crippen LogP contribution in [-0.4, -0.2) is 37.5 Å². The highest BCUT2D eigenvalue weighted by atomic mass is 32.2. The molecular weight excluding hydrogens is 312 g/mol. The molecule has 23 heavy (non-hydrogen) atoms. The average molecular weight is 338 g/mol. The number of benzene rings is 1. The maximum absolute atomic E-state index is 12.1. The van der Waals surface area contributed by atoms with Gasteiger partial charge in [0.1, 0.15) is 0 Å². The van der Waals surface area contributed by atoms with Crippen molar-refractivity contribution in [3.05, 3.63) is 29.8 Å². The van der Waals surface area contributed by atoms with Crippen molar-refractivity contribution in [1.29, 1.82) is 0 Å². The number of nitrogens with one attached hydrogen (secondary N) is 1. The van der Waals surface area contributed by atoms with Crippen molar-refractivity contribution in [1.82, 2.24) is 4.31 Å². The fraction of sp³-hybridized carbons (Fsp3) is 0.588. The molecule has 1 aliphatic rings. The normalized spacial score (nSPS) is 16.5. The summed E-state index contributed by atoms with van der Waals surface area (Å²) in [6.45, 7) is 2.21. The molecule has 0 spiro atoms. The molecule has 6 heteroatoms. The van der Waals surface area contributed by atoms with Crippen LogP contribution in [0.4, 0.5) is 5.69 Å². The van der Waals surface area contributed by atoms with E-state index in [0.29, 0.717) is 0 Å². The second kappa shape index (κ2) is 7.93. The molecule has 1 amide bonds. The number of aryl methyl sites for hydroxylation is 1. The maximum Gasteiger partial charge on any atom is 0.225 e. The van der Waals surface area contributed by atoms with E-state index < -0.39 is 10.0 Å². The van der Waals surface area contributed by atoms with Gasteiger partial charge >= 0.3 is 0 Å². The molecular formula is C17H26N2O3S. The zero-order valence-corrected chi connectivity index (χ0v) is 14.7. The van der Waals surface area contributed by atoms with Crippen LogP contribution in [0.5, 0.6) is 0 Å². The third-order valence-corrected chi connectivity index (χ3v) is 5.60. The lowest BCUT2D eigenvalue weighted by Crippen LogP contribution is -2.42. The van der Waals surface area contributed by atoms with Crippen molar-refractivity contribution in [3.8, 4) is 0 Å². The van der Waals surface area contributed by atoms with Crippen LogP contribution in [0.15, 0.2) is 24.3 Å². The second-order valence-corrected chi connectivity index (χ2v) is 8.27. The summed E-state index contributed by atoms with van der Waals surface area (Å²) in [5.74, 6) is -0.153. The van der Waals surface area contributed by atoms with Gasteiger partial charge in [0, 0.05) is 24.7 Å². The van der Waals surface area contributed by atoms with Crippen LogP contribution < -0.4 is 5.32 Å². The number of carbonyl (C=O) groups is 1. The van der Waals surface area contributed by atoms with Crippen molar-refractivity contribution in [2.45, 2.75) is 51.5 Å². The topological polar surface area (TPSA) is 66.5 Å². The highest BCUT2D eigenvalue weighted by molar-refractivity contribution is 7.88. The Labute approximate surface area is 139 Å². The summed E-state index contributed by atoms with van der Waals surface area (Å²) in [5.41, 5.74) is 1.82. The van der Waals surface area contributed by atoms with Crippen LogP contribution in [0.25, 0.3) is 0 Å². The van der Waals surface area contributed by atoms with Gasteiger partial charge in [-0.15, -0.1) is 0 Å². The summed E-state index contributed by atoms with van der Waals surface area (Å²) >= 11 is 0. The van der Waals surface area contributed by atoms with Gasteiger partial charge in [0.05, 0.1) is 6.26 Å². The first-order valence-corrected chi connectivity index (χ1v) is 10.0. The largest absolute Gasteiger partial charge is 0.326 e. The lowest BCUT2D eigenvalue weighted by Gasteiger charge is -2.32. The highest BCUT2D eigenvalue weighted by Gasteiger charge is 2.28. The molecule has 1 N–H and O–H groups in total. The van der Waals surface area contributed by atoms with Gasteiger partial charge in [-0.2, -0.15) is 4.31 Å². The van der Waals surface area contributed by atoms with Crippen molar-refractivity contribution in [3.63, 3.8) is 0 Å². The summed E-state index contributed by atoms with van der Waals surface area (Å²) in [7, 11) is -3.29. The van der Waals surface area contributed by atoms with Crippen LogP contribution in [0.1, 0.15) is 44.1 Å². The van der Waals surface area contributed by atoms with Crippen LogP contribution in [0.2, 0.25) is 0 Å². The zero-order chi connectivity index (χ0) is 16.9. The Kier molecular flexibility index (Phi) is 6.18. The molecule has 0 bridgehead atoms. The molecule has 128 valence electrons. The lowest BCUT2D eigenvalue weighted by atomic mass is 9.95. The molecule has 0 heterocycles. The van der Waals surface area contributed by atoms with Gasteiger partial charge in [0.25, 0.3) is 0 Å². The smallest absolute Gasteiger partial charge is 0.225 e. The minimum Gasteiger partial charge on any atom is -0.326 e. The fourth-order valence-electron chi connectivity index (χ4n) is 3.15. The number of rotatable bonds is 6. The second-order valence-electron chi connectivity index (χ2n) is 6.33. The van der Waals surface area contributed by atoms with Gasteiger partial charge in [0.2, 0.25) is 15.9 Å². The number of hydrogen-bond acceptors (Lipinski definition) is 3. The van der Waals surface area contributed by atoms with E-state index in [-0.39, 0.29) is 24.9 Å². The summed E-state index contributed by atoms with van der Waals surface area (Å²) in [6, 6.07) is 7.62. The molecule has 1 aromatic carbocycles. The monoisotopic (exact) mass is 338 g/mol. The van der Waals surface area contributed by atoms with Gasteiger partial charge in [0.15, 0.2) is 0 Å². The molecule has 0 aromatic heterocycles. The van der Waals surface area contributed by atoms with E-state index in [1.54, 1.807) is 0 Å². The van der Waals surface area contributed by atoms with E-state index in [1.165, 1.54) is 17.0 Å². The molecule has 1 aliphatic carbocycles. The Morgan fingerprint density at radius 1 is 1.26 bits per heavy atom. The van der Waals surface area contributed by atoms with E-state index in [9.17, 15) is 13.2 Å². The molecule has 0 aliphatic heterocycles. The predicted octanol–water partition coefficient (Wildman–Crippen LogP) is 2.92. The first-order chi connectivity index (χ1) is 10.9. The minimum atomic E-state index is -3.29. The molecule has 2 rings (SSSR count). The van der Waals surface area contributed by atoms with Crippen molar-refractivity contribution < 1.29 is 13.2 Å². The predicted molar refractivity (Wildman–Crippen MR) is 92.8 cm³/mol. The van der Waals surface area contributed by atoms with Gasteiger partial charge in [-0.05, 0) is 37.5 Å². The van der Waals surface area contributed by atoms with Crippen LogP contribution in [0.3, 0.4) is 0 Å². The number of nitrogens with zero attached hydrogens (tertiary/aromatic N) is 1. The first-order valence-electron chi connectivity index (χ1n) is 8.19. The molecule has 0 atom stereocenters. The minimum absolute atomic E-state index is 0.0468. The number of amides is 1. The highest BCUT2D eigenvalue weighted by Crippen LogP contribution is 2.24. The van der Waals surface area contributed by atoms with Gasteiger partial charge < -0.3 is 5.32 Å². The third-order valence-electron chi connectivity index (χ3n) is 4.27. The summed E-state index contributed by atoms with van der Waals surface area (Å²) in [5, 5.41) is 2.83. The Balaban J connectivity index is 1.93. The summed E-state index contributed by atoms with van der Waals surface area (Å²) in [4.78, 5) is 12.1. The molecule has 1 aromatic rings. The van der Waals surface area contributed by atoms with Gasteiger partial charge in [-0.25, -0.2) is 8.42 Å². The molecule has 5 nitrogen and oxygen atoms in total. The number of carbonyl (C=O) groups excluding carboxylic acids is 1. The van der Waals surface area contributed by atoms with Crippen molar-refractivity contribution in [2.75, 3.05) is 18.1 Å². The van der Waals surface area contributed by atoms with Gasteiger partial charge in [-0.1, -0.05) is 31.4 Å². The van der Waals surface area contributed by atoms with Crippen molar-refractivity contribution >= 4 is 21.6 Å². The zero-order valence-electron chi connectivity index (χ0n) is 13.9. The first kappa shape index (κ1) is 17.9. The van der Waals surface area contributed by atoms with E-state index in [2.05, 4.69) is 5.32 Å². The number of hydrogen-bond donors (Lipinski definition) is 1. The van der Waals surface area contributed by atoms with Crippen LogP contribution in [0, 0.1) is 6.92 Å². The Bertz CT molecular complexity index is 637. The quantitative estimate of drug-likeness (QED) is 0.867. The molecule has 0 saturated heterocycles. The van der Waals surface area contributed by atoms with Crippen LogP contribution >= 0.6 is 0 Å². The summed E-state index contributed by atoms with van der Waals surface area (Å²) in [6.07, 6.45) is 6.50. The maximum atomic E-state index is 12.1. The number of sulfonamides is 1. The fourth-order valence-corrected chi connectivity index (χ4v) is 4.32. The van der Waals surface area contributed by atoms with Gasteiger partial charge in [-0.3, -0.25) is 4.79 Å². The van der Waals surface area contributed by atoms with Crippen molar-refractivity contribution in [2.24, 2.45) is 0 Å².